The fraction of sp³-hybridized carbons (Fsp3) is 0.692. The highest BCUT2D eigenvalue weighted by Crippen LogP contribution is 2.32. The van der Waals surface area contributed by atoms with E-state index in [0.717, 1.165) is 50.4 Å². The maximum atomic E-state index is 11.8. The van der Waals surface area contributed by atoms with Crippen LogP contribution in [0.1, 0.15) is 42.6 Å². The van der Waals surface area contributed by atoms with E-state index in [1.54, 1.807) is 0 Å². The van der Waals surface area contributed by atoms with Crippen molar-refractivity contribution in [3.63, 3.8) is 0 Å². The average Bonchev–Trinajstić information content (AvgIpc) is 3.05. The molecule has 3 rings (SSSR count). The zero-order valence-corrected chi connectivity index (χ0v) is 10.7. The van der Waals surface area contributed by atoms with Gasteiger partial charge < -0.3 is 14.6 Å². The molecular weight excluding hydrogens is 230 g/mol. The second kappa shape index (κ2) is 4.72. The van der Waals surface area contributed by atoms with E-state index in [1.165, 1.54) is 7.11 Å². The first-order chi connectivity index (χ1) is 8.81. The summed E-state index contributed by atoms with van der Waals surface area (Å²) in [6, 6.07) is 0. The van der Waals surface area contributed by atoms with E-state index >= 15 is 0 Å². The van der Waals surface area contributed by atoms with E-state index in [4.69, 9.17) is 4.74 Å². The Morgan fingerprint density at radius 3 is 3.17 bits per heavy atom. The molecule has 1 aromatic heterocycles. The third-order valence-corrected chi connectivity index (χ3v) is 4.06. The van der Waals surface area contributed by atoms with Gasteiger partial charge in [-0.2, -0.15) is 0 Å². The van der Waals surface area contributed by atoms with Gasteiger partial charge in [0.25, 0.3) is 0 Å². The van der Waals surface area contributed by atoms with Crippen molar-refractivity contribution < 1.29 is 9.53 Å². The van der Waals surface area contributed by atoms with E-state index in [9.17, 15) is 4.79 Å². The fourth-order valence-corrected chi connectivity index (χ4v) is 3.11. The van der Waals surface area contributed by atoms with Crippen molar-refractivity contribution in [2.45, 2.75) is 37.6 Å². The molecule has 0 amide bonds. The van der Waals surface area contributed by atoms with Gasteiger partial charge in [-0.3, -0.25) is 4.79 Å². The number of hydrogen-bond donors (Lipinski definition) is 1. The molecule has 2 atom stereocenters. The standard InChI is InChI=1S/C13H19N3O2/c1-18-13(17)10-3-2-6-16-11(10)8-15-12(16)9-4-5-14-7-9/h8-10,14H,2-7H2,1H3. The number of nitrogens with zero attached hydrogens (tertiary/aromatic N) is 2. The van der Waals surface area contributed by atoms with Crippen LogP contribution < -0.4 is 5.32 Å². The highest BCUT2D eigenvalue weighted by molar-refractivity contribution is 5.77. The molecule has 2 unspecified atom stereocenters. The lowest BCUT2D eigenvalue weighted by Gasteiger charge is -2.24. The number of ether oxygens (including phenoxy) is 1. The molecule has 5 heteroatoms. The van der Waals surface area contributed by atoms with Gasteiger partial charge in [0.2, 0.25) is 0 Å². The van der Waals surface area contributed by atoms with Crippen molar-refractivity contribution in [3.8, 4) is 0 Å². The molecular formula is C13H19N3O2. The number of nitrogens with one attached hydrogen (secondary N) is 1. The minimum absolute atomic E-state index is 0.126. The Balaban J connectivity index is 1.92. The predicted octanol–water partition coefficient (Wildman–Crippen LogP) is 1.01. The van der Waals surface area contributed by atoms with E-state index in [2.05, 4.69) is 14.9 Å². The number of rotatable bonds is 2. The molecule has 18 heavy (non-hydrogen) atoms. The Kier molecular flexibility index (Phi) is 3.07. The third kappa shape index (κ3) is 1.82. The zero-order valence-electron chi connectivity index (χ0n) is 10.7. The predicted molar refractivity (Wildman–Crippen MR) is 66.4 cm³/mol. The Bertz CT molecular complexity index is 449. The zero-order chi connectivity index (χ0) is 12.5. The first-order valence-electron chi connectivity index (χ1n) is 6.65. The maximum absolute atomic E-state index is 11.8. The number of hydrogen-bond acceptors (Lipinski definition) is 4. The second-order valence-corrected chi connectivity index (χ2v) is 5.10. The summed E-state index contributed by atoms with van der Waals surface area (Å²) in [5.74, 6) is 1.38. The van der Waals surface area contributed by atoms with Crippen molar-refractivity contribution in [2.24, 2.45) is 0 Å². The minimum Gasteiger partial charge on any atom is -0.469 e. The summed E-state index contributed by atoms with van der Waals surface area (Å²) < 4.78 is 7.13. The van der Waals surface area contributed by atoms with Crippen LogP contribution in [0.15, 0.2) is 6.20 Å². The molecule has 2 aliphatic heterocycles. The van der Waals surface area contributed by atoms with Crippen LogP contribution in [-0.2, 0) is 16.1 Å². The van der Waals surface area contributed by atoms with Crippen LogP contribution in [0, 0.1) is 0 Å². The fourth-order valence-electron chi connectivity index (χ4n) is 3.11. The summed E-state index contributed by atoms with van der Waals surface area (Å²) in [4.78, 5) is 16.3. The van der Waals surface area contributed by atoms with Crippen molar-refractivity contribution >= 4 is 5.97 Å². The van der Waals surface area contributed by atoms with Crippen LogP contribution in [0.4, 0.5) is 0 Å². The lowest BCUT2D eigenvalue weighted by molar-refractivity contribution is -0.143. The van der Waals surface area contributed by atoms with Gasteiger partial charge in [0.15, 0.2) is 0 Å². The van der Waals surface area contributed by atoms with Gasteiger partial charge in [-0.05, 0) is 25.8 Å². The first kappa shape index (κ1) is 11.7. The van der Waals surface area contributed by atoms with E-state index in [0.29, 0.717) is 5.92 Å². The number of methoxy groups -OCH3 is 1. The summed E-state index contributed by atoms with van der Waals surface area (Å²) in [6.07, 6.45) is 4.91. The molecule has 0 aliphatic carbocycles. The molecule has 2 aliphatic rings. The molecule has 1 aromatic rings. The van der Waals surface area contributed by atoms with Crippen LogP contribution in [0.2, 0.25) is 0 Å². The molecule has 98 valence electrons. The molecule has 0 aromatic carbocycles. The number of fused-ring (bicyclic) bond motifs is 1. The largest absolute Gasteiger partial charge is 0.469 e. The lowest BCUT2D eigenvalue weighted by Crippen LogP contribution is -2.24. The summed E-state index contributed by atoms with van der Waals surface area (Å²) >= 11 is 0. The van der Waals surface area contributed by atoms with Crippen molar-refractivity contribution in [1.29, 1.82) is 0 Å². The van der Waals surface area contributed by atoms with Crippen molar-refractivity contribution in [2.75, 3.05) is 20.2 Å². The summed E-state index contributed by atoms with van der Waals surface area (Å²) in [7, 11) is 1.46. The average molecular weight is 249 g/mol. The Morgan fingerprint density at radius 2 is 2.44 bits per heavy atom. The van der Waals surface area contributed by atoms with Crippen LogP contribution in [0.3, 0.4) is 0 Å². The van der Waals surface area contributed by atoms with Gasteiger partial charge in [0, 0.05) is 25.2 Å². The smallest absolute Gasteiger partial charge is 0.314 e. The first-order valence-corrected chi connectivity index (χ1v) is 6.65. The summed E-state index contributed by atoms with van der Waals surface area (Å²) in [5, 5.41) is 3.37. The van der Waals surface area contributed by atoms with Gasteiger partial charge in [-0.25, -0.2) is 4.98 Å². The molecule has 5 nitrogen and oxygen atoms in total. The van der Waals surface area contributed by atoms with Crippen LogP contribution in [0.25, 0.3) is 0 Å². The van der Waals surface area contributed by atoms with Crippen molar-refractivity contribution in [1.82, 2.24) is 14.9 Å². The lowest BCUT2D eigenvalue weighted by atomic mass is 9.96. The third-order valence-electron chi connectivity index (χ3n) is 4.06. The highest BCUT2D eigenvalue weighted by Gasteiger charge is 2.32. The summed E-state index contributed by atoms with van der Waals surface area (Å²) in [5.41, 5.74) is 1.04. The Morgan fingerprint density at radius 1 is 1.56 bits per heavy atom. The Labute approximate surface area is 107 Å². The molecule has 0 bridgehead atoms. The van der Waals surface area contributed by atoms with Gasteiger partial charge in [-0.15, -0.1) is 0 Å². The Hall–Kier alpha value is -1.36. The quantitative estimate of drug-likeness (QED) is 0.795. The topological polar surface area (TPSA) is 56.2 Å². The van der Waals surface area contributed by atoms with Crippen LogP contribution >= 0.6 is 0 Å². The molecule has 1 saturated heterocycles. The number of carbonyl (C=O) groups is 1. The number of carbonyl (C=O) groups excluding carboxylic acids is 1. The normalized spacial score (nSPS) is 26.9. The van der Waals surface area contributed by atoms with Crippen molar-refractivity contribution in [3.05, 3.63) is 17.7 Å². The highest BCUT2D eigenvalue weighted by atomic mass is 16.5. The van der Waals surface area contributed by atoms with Crippen LogP contribution in [0.5, 0.6) is 0 Å². The number of esters is 1. The minimum atomic E-state index is -0.132. The molecule has 1 fully saturated rings. The van der Waals surface area contributed by atoms with E-state index in [1.807, 2.05) is 6.20 Å². The molecule has 0 saturated carbocycles. The number of imidazole rings is 1. The van der Waals surface area contributed by atoms with Gasteiger partial charge in [-0.1, -0.05) is 0 Å². The monoisotopic (exact) mass is 249 g/mol. The van der Waals surface area contributed by atoms with Gasteiger partial charge >= 0.3 is 5.97 Å². The van der Waals surface area contributed by atoms with Gasteiger partial charge in [0.05, 0.1) is 18.7 Å². The maximum Gasteiger partial charge on any atom is 0.314 e. The number of aromatic nitrogens is 2. The second-order valence-electron chi connectivity index (χ2n) is 5.10. The molecule has 3 heterocycles. The van der Waals surface area contributed by atoms with Crippen LogP contribution in [-0.4, -0.2) is 35.7 Å². The molecule has 0 spiro atoms. The van der Waals surface area contributed by atoms with E-state index < -0.39 is 0 Å². The van der Waals surface area contributed by atoms with Gasteiger partial charge in [0.1, 0.15) is 5.82 Å². The molecule has 1 N–H and O–H groups in total. The SMILES string of the molecule is COC(=O)C1CCCn2c1cnc2C1CCNC1. The van der Waals surface area contributed by atoms with E-state index in [-0.39, 0.29) is 11.9 Å². The molecule has 0 radical (unpaired) electrons. The summed E-state index contributed by atoms with van der Waals surface area (Å²) in [6.45, 7) is 3.04.